The zero-order valence-corrected chi connectivity index (χ0v) is 25.0. The maximum Gasteiger partial charge on any atom is 0.325 e. The molecule has 3 aromatic rings. The van der Waals surface area contributed by atoms with Gasteiger partial charge in [-0.05, 0) is 76.9 Å². The highest BCUT2D eigenvalue weighted by atomic mass is 127. The molecule has 3 aromatic carbocycles. The smallest absolute Gasteiger partial charge is 0.325 e. The lowest BCUT2D eigenvalue weighted by molar-refractivity contribution is -0.134. The van der Waals surface area contributed by atoms with Crippen LogP contribution in [0.1, 0.15) is 42.9 Å². The molecule has 5 amide bonds. The van der Waals surface area contributed by atoms with Crippen LogP contribution in [-0.4, -0.2) is 59.3 Å². The van der Waals surface area contributed by atoms with Crippen LogP contribution in [0.5, 0.6) is 5.75 Å². The maximum absolute atomic E-state index is 14.6. The number of anilines is 1. The van der Waals surface area contributed by atoms with Crippen LogP contribution in [0.4, 0.5) is 14.9 Å². The molecule has 2 aliphatic rings. The maximum atomic E-state index is 14.6. The summed E-state index contributed by atoms with van der Waals surface area (Å²) in [6.07, 6.45) is 1.99. The average Bonchev–Trinajstić information content (AvgIpc) is 3.63. The molecular weight excluding hydrogens is 654 g/mol. The summed E-state index contributed by atoms with van der Waals surface area (Å²) in [4.78, 5) is 55.6. The van der Waals surface area contributed by atoms with E-state index < -0.39 is 41.7 Å². The second-order valence-electron chi connectivity index (χ2n) is 10.3. The van der Waals surface area contributed by atoms with E-state index in [0.717, 1.165) is 36.4 Å². The van der Waals surface area contributed by atoms with E-state index in [0.29, 0.717) is 14.9 Å². The first-order valence-corrected chi connectivity index (χ1v) is 14.8. The van der Waals surface area contributed by atoms with E-state index in [-0.39, 0.29) is 18.2 Å². The standard InChI is InChI=1S/C31H30FIN4O5/c1-19(20-7-3-2-4-8-20)28(29(39)34-25-14-11-22(33)17-24(25)32)37-30(40)27(35-31(37)41)21-9-12-23(13-10-21)42-18-26(38)36-15-5-6-16-36/h2-4,7-14,17,19,27-28H,5-6,15-16,18H2,1H3,(H,34,39)(H,35,41)/t19-,27+,28-/m0/s1. The Morgan fingerprint density at radius 1 is 1.05 bits per heavy atom. The minimum Gasteiger partial charge on any atom is -0.484 e. The third-order valence-corrected chi connectivity index (χ3v) is 8.21. The van der Waals surface area contributed by atoms with Crippen molar-refractivity contribution in [2.45, 2.75) is 37.8 Å². The summed E-state index contributed by atoms with van der Waals surface area (Å²) in [5.41, 5.74) is 1.17. The number of carbonyl (C=O) groups excluding carboxylic acids is 4. The predicted octanol–water partition coefficient (Wildman–Crippen LogP) is 4.84. The summed E-state index contributed by atoms with van der Waals surface area (Å²) in [5.74, 6) is -2.15. The quantitative estimate of drug-likeness (QED) is 0.248. The first-order chi connectivity index (χ1) is 20.2. The lowest BCUT2D eigenvalue weighted by Crippen LogP contribution is -2.50. The fraction of sp³-hybridized carbons (Fsp3) is 0.290. The number of imide groups is 1. The van der Waals surface area contributed by atoms with E-state index in [4.69, 9.17) is 4.74 Å². The minimum atomic E-state index is -1.26. The number of carbonyl (C=O) groups is 4. The molecule has 2 aliphatic heterocycles. The highest BCUT2D eigenvalue weighted by Crippen LogP contribution is 2.32. The number of rotatable bonds is 9. The van der Waals surface area contributed by atoms with Gasteiger partial charge in [0.1, 0.15) is 23.7 Å². The second kappa shape index (κ2) is 12.9. The van der Waals surface area contributed by atoms with Crippen LogP contribution in [0.15, 0.2) is 72.8 Å². The van der Waals surface area contributed by atoms with Gasteiger partial charge in [-0.1, -0.05) is 49.4 Å². The average molecular weight is 685 g/mol. The largest absolute Gasteiger partial charge is 0.484 e. The van der Waals surface area contributed by atoms with Gasteiger partial charge in [0.05, 0.1) is 5.69 Å². The van der Waals surface area contributed by atoms with Crippen LogP contribution < -0.4 is 15.4 Å². The number of amides is 5. The van der Waals surface area contributed by atoms with Gasteiger partial charge in [0, 0.05) is 22.6 Å². The molecule has 0 bridgehead atoms. The third-order valence-electron chi connectivity index (χ3n) is 7.54. The SMILES string of the molecule is C[C@@H](c1ccccc1)[C@@H](C(=O)Nc1ccc(I)cc1F)N1C(=O)N[C@H](c2ccc(OCC(=O)N3CCCC3)cc2)C1=O. The molecule has 0 aliphatic carbocycles. The van der Waals surface area contributed by atoms with Gasteiger partial charge in [0.15, 0.2) is 6.61 Å². The number of likely N-dealkylation sites (tertiary alicyclic amines) is 1. The zero-order valence-electron chi connectivity index (χ0n) is 22.9. The lowest BCUT2D eigenvalue weighted by atomic mass is 9.91. The Kier molecular flexibility index (Phi) is 9.05. The molecule has 0 radical (unpaired) electrons. The van der Waals surface area contributed by atoms with E-state index in [1.54, 1.807) is 66.4 Å². The van der Waals surface area contributed by atoms with Crippen molar-refractivity contribution in [1.82, 2.24) is 15.1 Å². The molecule has 3 atom stereocenters. The highest BCUT2D eigenvalue weighted by Gasteiger charge is 2.47. The number of urea groups is 1. The van der Waals surface area contributed by atoms with Gasteiger partial charge in [-0.2, -0.15) is 0 Å². The summed E-state index contributed by atoms with van der Waals surface area (Å²) in [5, 5.41) is 5.25. The van der Waals surface area contributed by atoms with Crippen LogP contribution in [-0.2, 0) is 14.4 Å². The Morgan fingerprint density at radius 2 is 1.74 bits per heavy atom. The van der Waals surface area contributed by atoms with Crippen LogP contribution >= 0.6 is 22.6 Å². The van der Waals surface area contributed by atoms with Crippen molar-refractivity contribution in [3.05, 3.63) is 93.3 Å². The lowest BCUT2D eigenvalue weighted by Gasteiger charge is -2.30. The molecule has 0 saturated carbocycles. The van der Waals surface area contributed by atoms with Crippen LogP contribution in [0.25, 0.3) is 0 Å². The third kappa shape index (κ3) is 6.40. The van der Waals surface area contributed by atoms with E-state index in [9.17, 15) is 23.6 Å². The Bertz CT molecular complexity index is 1480. The molecule has 0 spiro atoms. The van der Waals surface area contributed by atoms with E-state index in [1.165, 1.54) is 12.1 Å². The van der Waals surface area contributed by atoms with Crippen molar-refractivity contribution in [3.63, 3.8) is 0 Å². The first kappa shape index (κ1) is 29.5. The number of benzene rings is 3. The normalized spacial score (nSPS) is 18.0. The molecule has 5 rings (SSSR count). The Balaban J connectivity index is 1.35. The van der Waals surface area contributed by atoms with Gasteiger partial charge in [-0.25, -0.2) is 14.1 Å². The molecule has 2 N–H and O–H groups in total. The second-order valence-corrected chi connectivity index (χ2v) is 11.5. The number of nitrogens with zero attached hydrogens (tertiary/aromatic N) is 2. The highest BCUT2D eigenvalue weighted by molar-refractivity contribution is 14.1. The number of nitrogens with one attached hydrogen (secondary N) is 2. The van der Waals surface area contributed by atoms with Gasteiger partial charge in [-0.3, -0.25) is 14.4 Å². The van der Waals surface area contributed by atoms with Crippen LogP contribution in [0.3, 0.4) is 0 Å². The van der Waals surface area contributed by atoms with E-state index in [2.05, 4.69) is 10.6 Å². The Labute approximate surface area is 256 Å². The molecule has 0 aromatic heterocycles. The van der Waals surface area contributed by atoms with Crippen molar-refractivity contribution < 1.29 is 28.3 Å². The van der Waals surface area contributed by atoms with Crippen molar-refractivity contribution in [1.29, 1.82) is 0 Å². The summed E-state index contributed by atoms with van der Waals surface area (Å²) < 4.78 is 20.9. The van der Waals surface area contributed by atoms with Gasteiger partial charge < -0.3 is 20.3 Å². The van der Waals surface area contributed by atoms with Crippen molar-refractivity contribution in [3.8, 4) is 5.75 Å². The Hall–Kier alpha value is -4.00. The minimum absolute atomic E-state index is 0.0481. The molecule has 2 saturated heterocycles. The van der Waals surface area contributed by atoms with Gasteiger partial charge >= 0.3 is 6.03 Å². The molecule has 2 heterocycles. The molecule has 9 nitrogen and oxygen atoms in total. The molecule has 42 heavy (non-hydrogen) atoms. The summed E-state index contributed by atoms with van der Waals surface area (Å²) >= 11 is 1.97. The van der Waals surface area contributed by atoms with E-state index >= 15 is 0 Å². The number of halogens is 2. The molecule has 2 fully saturated rings. The molecule has 11 heteroatoms. The predicted molar refractivity (Wildman–Crippen MR) is 162 cm³/mol. The topological polar surface area (TPSA) is 108 Å². The Morgan fingerprint density at radius 3 is 2.40 bits per heavy atom. The number of ether oxygens (including phenoxy) is 1. The monoisotopic (exact) mass is 684 g/mol. The van der Waals surface area contributed by atoms with Gasteiger partial charge in [0.2, 0.25) is 5.91 Å². The number of hydrogen-bond acceptors (Lipinski definition) is 5. The molecular formula is C31H30FIN4O5. The fourth-order valence-corrected chi connectivity index (χ4v) is 5.70. The first-order valence-electron chi connectivity index (χ1n) is 13.7. The summed E-state index contributed by atoms with van der Waals surface area (Å²) in [7, 11) is 0. The molecule has 0 unspecified atom stereocenters. The van der Waals surface area contributed by atoms with Crippen molar-refractivity contribution in [2.24, 2.45) is 0 Å². The van der Waals surface area contributed by atoms with Crippen LogP contribution in [0, 0.1) is 9.39 Å². The fourth-order valence-electron chi connectivity index (χ4n) is 5.25. The van der Waals surface area contributed by atoms with Crippen molar-refractivity contribution in [2.75, 3.05) is 25.0 Å². The van der Waals surface area contributed by atoms with Crippen molar-refractivity contribution >= 4 is 52.0 Å². The summed E-state index contributed by atoms with van der Waals surface area (Å²) in [6, 6.07) is 16.9. The van der Waals surface area contributed by atoms with Crippen LogP contribution in [0.2, 0.25) is 0 Å². The van der Waals surface area contributed by atoms with E-state index in [1.807, 2.05) is 28.7 Å². The van der Waals surface area contributed by atoms with Gasteiger partial charge in [0.25, 0.3) is 11.8 Å². The zero-order chi connectivity index (χ0) is 29.8. The summed E-state index contributed by atoms with van der Waals surface area (Å²) in [6.45, 7) is 3.14. The number of hydrogen-bond donors (Lipinski definition) is 2. The van der Waals surface area contributed by atoms with Gasteiger partial charge in [-0.15, -0.1) is 0 Å². The molecule has 218 valence electrons.